The number of ether oxygens (including phenoxy) is 1. The summed E-state index contributed by atoms with van der Waals surface area (Å²) in [5.74, 6) is 0.801. The highest BCUT2D eigenvalue weighted by atomic mass is 35.5. The van der Waals surface area contributed by atoms with Crippen LogP contribution < -0.4 is 10.2 Å². The molecule has 0 saturated heterocycles. The molecule has 6 heteroatoms. The fourth-order valence-corrected chi connectivity index (χ4v) is 2.88. The summed E-state index contributed by atoms with van der Waals surface area (Å²) in [6.07, 6.45) is 0.635. The van der Waals surface area contributed by atoms with E-state index in [1.807, 2.05) is 18.2 Å². The quantitative estimate of drug-likeness (QED) is 0.885. The van der Waals surface area contributed by atoms with Crippen LogP contribution in [0.3, 0.4) is 0 Å². The van der Waals surface area contributed by atoms with Gasteiger partial charge in [-0.2, -0.15) is 5.10 Å². The molecule has 2 aromatic carbocycles. The van der Waals surface area contributed by atoms with E-state index in [2.05, 4.69) is 10.5 Å². The molecule has 1 atom stereocenters. The van der Waals surface area contributed by atoms with Crippen LogP contribution in [0.4, 0.5) is 0 Å². The van der Waals surface area contributed by atoms with Crippen LogP contribution in [0.1, 0.15) is 23.6 Å². The lowest BCUT2D eigenvalue weighted by Crippen LogP contribution is -2.10. The Kier molecular flexibility index (Phi) is 4.14. The zero-order valence-electron chi connectivity index (χ0n) is 11.8. The number of rotatable bonds is 3. The predicted molar refractivity (Wildman–Crippen MR) is 88.2 cm³/mol. The highest BCUT2D eigenvalue weighted by molar-refractivity contribution is 6.32. The summed E-state index contributed by atoms with van der Waals surface area (Å²) >= 11 is 12.1. The summed E-state index contributed by atoms with van der Waals surface area (Å²) in [7, 11) is 1.58. The Morgan fingerprint density at radius 3 is 2.77 bits per heavy atom. The molecular weight excluding hydrogens is 323 g/mol. The minimum absolute atomic E-state index is 0.00297. The standard InChI is InChI=1S/C16H14Cl2N2O2/c1-22-16-5-2-9(6-12(16)18)13-8-14(20-19-13)11-7-10(17)3-4-15(11)21/h2-7,13,19,21H,8H2,1H3/t13-/m1/s1. The van der Waals surface area contributed by atoms with E-state index in [9.17, 15) is 5.11 Å². The number of aromatic hydroxyl groups is 1. The Hall–Kier alpha value is -1.91. The molecular formula is C16H14Cl2N2O2. The second-order valence-electron chi connectivity index (χ2n) is 5.00. The number of halogens is 2. The number of benzene rings is 2. The zero-order valence-corrected chi connectivity index (χ0v) is 13.3. The van der Waals surface area contributed by atoms with E-state index < -0.39 is 0 Å². The predicted octanol–water partition coefficient (Wildman–Crippen LogP) is 4.15. The highest BCUT2D eigenvalue weighted by Gasteiger charge is 2.23. The largest absolute Gasteiger partial charge is 0.507 e. The van der Waals surface area contributed by atoms with E-state index in [1.54, 1.807) is 25.3 Å². The van der Waals surface area contributed by atoms with Crippen molar-refractivity contribution in [2.24, 2.45) is 5.10 Å². The van der Waals surface area contributed by atoms with Gasteiger partial charge >= 0.3 is 0 Å². The lowest BCUT2D eigenvalue weighted by Gasteiger charge is -2.12. The molecule has 22 heavy (non-hydrogen) atoms. The van der Waals surface area contributed by atoms with E-state index in [4.69, 9.17) is 27.9 Å². The molecule has 2 N–H and O–H groups in total. The van der Waals surface area contributed by atoms with Crippen molar-refractivity contribution in [2.75, 3.05) is 7.11 Å². The van der Waals surface area contributed by atoms with Gasteiger partial charge in [-0.25, -0.2) is 0 Å². The van der Waals surface area contributed by atoms with Crippen molar-refractivity contribution in [1.29, 1.82) is 0 Å². The molecule has 1 aliphatic heterocycles. The van der Waals surface area contributed by atoms with Crippen molar-refractivity contribution in [3.8, 4) is 11.5 Å². The molecule has 2 aromatic rings. The van der Waals surface area contributed by atoms with Crippen molar-refractivity contribution in [3.05, 3.63) is 57.6 Å². The minimum Gasteiger partial charge on any atom is -0.507 e. The molecule has 1 aliphatic rings. The fourth-order valence-electron chi connectivity index (χ4n) is 2.44. The first kappa shape index (κ1) is 15.0. The van der Waals surface area contributed by atoms with Gasteiger partial charge in [0.1, 0.15) is 11.5 Å². The highest BCUT2D eigenvalue weighted by Crippen LogP contribution is 2.33. The monoisotopic (exact) mass is 336 g/mol. The third kappa shape index (κ3) is 2.85. The maximum atomic E-state index is 9.96. The van der Waals surface area contributed by atoms with Crippen molar-refractivity contribution in [2.45, 2.75) is 12.5 Å². The fraction of sp³-hybridized carbons (Fsp3) is 0.188. The van der Waals surface area contributed by atoms with Gasteiger partial charge in [0.15, 0.2) is 0 Å². The second-order valence-corrected chi connectivity index (χ2v) is 5.84. The lowest BCUT2D eigenvalue weighted by molar-refractivity contribution is 0.414. The number of nitrogens with one attached hydrogen (secondary N) is 1. The van der Waals surface area contributed by atoms with Gasteiger partial charge in [0.05, 0.1) is 23.9 Å². The third-order valence-corrected chi connectivity index (χ3v) is 4.13. The van der Waals surface area contributed by atoms with E-state index >= 15 is 0 Å². The summed E-state index contributed by atoms with van der Waals surface area (Å²) in [6.45, 7) is 0. The maximum Gasteiger partial charge on any atom is 0.137 e. The number of hydrogen-bond acceptors (Lipinski definition) is 4. The number of methoxy groups -OCH3 is 1. The van der Waals surface area contributed by atoms with Gasteiger partial charge in [-0.3, -0.25) is 0 Å². The Balaban J connectivity index is 1.82. The van der Waals surface area contributed by atoms with E-state index in [0.29, 0.717) is 27.8 Å². The molecule has 0 aliphatic carbocycles. The van der Waals surface area contributed by atoms with Crippen molar-refractivity contribution in [3.63, 3.8) is 0 Å². The van der Waals surface area contributed by atoms with Gasteiger partial charge < -0.3 is 15.3 Å². The van der Waals surface area contributed by atoms with Gasteiger partial charge in [0.25, 0.3) is 0 Å². The van der Waals surface area contributed by atoms with Gasteiger partial charge in [0, 0.05) is 17.0 Å². The Bertz CT molecular complexity index is 747. The van der Waals surface area contributed by atoms with Gasteiger partial charge in [-0.15, -0.1) is 0 Å². The third-order valence-electron chi connectivity index (χ3n) is 3.60. The molecule has 0 fully saturated rings. The van der Waals surface area contributed by atoms with Gasteiger partial charge in [-0.05, 0) is 35.9 Å². The summed E-state index contributed by atoms with van der Waals surface area (Å²) in [4.78, 5) is 0. The Morgan fingerprint density at radius 2 is 2.05 bits per heavy atom. The van der Waals surface area contributed by atoms with Gasteiger partial charge in [0.2, 0.25) is 0 Å². The smallest absolute Gasteiger partial charge is 0.137 e. The van der Waals surface area contributed by atoms with Crippen molar-refractivity contribution < 1.29 is 9.84 Å². The average Bonchev–Trinajstić information content (AvgIpc) is 2.99. The summed E-state index contributed by atoms with van der Waals surface area (Å²) in [5.41, 5.74) is 5.47. The average molecular weight is 337 g/mol. The number of phenols is 1. The molecule has 0 unspecified atom stereocenters. The number of phenolic OH excluding ortho intramolecular Hbond substituents is 1. The molecule has 1 heterocycles. The number of hydrazone groups is 1. The molecule has 0 bridgehead atoms. The Morgan fingerprint density at radius 1 is 1.23 bits per heavy atom. The van der Waals surface area contributed by atoms with Crippen LogP contribution >= 0.6 is 23.2 Å². The summed E-state index contributed by atoms with van der Waals surface area (Å²) in [5, 5.41) is 15.4. The molecule has 0 aromatic heterocycles. The second kappa shape index (κ2) is 6.07. The first-order chi connectivity index (χ1) is 10.6. The maximum absolute atomic E-state index is 9.96. The van der Waals surface area contributed by atoms with Crippen LogP contribution in [-0.2, 0) is 0 Å². The number of nitrogens with zero attached hydrogens (tertiary/aromatic N) is 1. The summed E-state index contributed by atoms with van der Waals surface area (Å²) in [6, 6.07) is 10.5. The minimum atomic E-state index is -0.00297. The molecule has 114 valence electrons. The van der Waals surface area contributed by atoms with Crippen LogP contribution in [-0.4, -0.2) is 17.9 Å². The normalized spacial score (nSPS) is 17.0. The van der Waals surface area contributed by atoms with E-state index in [0.717, 1.165) is 11.3 Å². The molecule has 0 saturated carbocycles. The van der Waals surface area contributed by atoms with Crippen molar-refractivity contribution >= 4 is 28.9 Å². The van der Waals surface area contributed by atoms with Crippen LogP contribution in [0.5, 0.6) is 11.5 Å². The van der Waals surface area contributed by atoms with E-state index in [1.165, 1.54) is 0 Å². The Labute approximate surface area is 138 Å². The molecule has 4 nitrogen and oxygen atoms in total. The van der Waals surface area contributed by atoms with Crippen LogP contribution in [0.25, 0.3) is 0 Å². The van der Waals surface area contributed by atoms with Crippen LogP contribution in [0, 0.1) is 0 Å². The first-order valence-electron chi connectivity index (χ1n) is 6.73. The van der Waals surface area contributed by atoms with Crippen molar-refractivity contribution in [1.82, 2.24) is 5.43 Å². The topological polar surface area (TPSA) is 53.9 Å². The molecule has 0 radical (unpaired) electrons. The zero-order chi connectivity index (χ0) is 15.7. The van der Waals surface area contributed by atoms with Crippen LogP contribution in [0.2, 0.25) is 10.0 Å². The number of hydrogen-bond donors (Lipinski definition) is 2. The molecule has 3 rings (SSSR count). The van der Waals surface area contributed by atoms with E-state index in [-0.39, 0.29) is 11.8 Å². The lowest BCUT2D eigenvalue weighted by atomic mass is 9.98. The first-order valence-corrected chi connectivity index (χ1v) is 7.48. The summed E-state index contributed by atoms with van der Waals surface area (Å²) < 4.78 is 5.15. The SMILES string of the molecule is COc1ccc([C@H]2CC(c3cc(Cl)ccc3O)=NN2)cc1Cl. The molecule has 0 amide bonds. The van der Waals surface area contributed by atoms with Gasteiger partial charge in [-0.1, -0.05) is 29.3 Å². The van der Waals surface area contributed by atoms with Crippen LogP contribution in [0.15, 0.2) is 41.5 Å². The molecule has 0 spiro atoms.